The molecule has 24 heavy (non-hydrogen) atoms. The molecule has 6 heteroatoms. The molecule has 6 nitrogen and oxygen atoms in total. The van der Waals surface area contributed by atoms with Crippen molar-refractivity contribution in [3.05, 3.63) is 0 Å². The van der Waals surface area contributed by atoms with Gasteiger partial charge in [-0.25, -0.2) is 0 Å². The Morgan fingerprint density at radius 1 is 0.542 bits per heavy atom. The third kappa shape index (κ3) is 16.6. The van der Waals surface area contributed by atoms with Crippen LogP contribution in [0.25, 0.3) is 0 Å². The quantitative estimate of drug-likeness (QED) is 0.234. The van der Waals surface area contributed by atoms with E-state index in [1.807, 2.05) is 0 Å². The first-order valence-electron chi connectivity index (χ1n) is 10.1. The van der Waals surface area contributed by atoms with Crippen molar-refractivity contribution in [1.82, 2.24) is 20.4 Å². The van der Waals surface area contributed by atoms with Crippen LogP contribution in [0.4, 0.5) is 0 Å². The fourth-order valence-electron chi connectivity index (χ4n) is 2.48. The summed E-state index contributed by atoms with van der Waals surface area (Å²) >= 11 is 0. The molecule has 2 aliphatic heterocycles. The van der Waals surface area contributed by atoms with Gasteiger partial charge in [-0.1, -0.05) is 0 Å². The van der Waals surface area contributed by atoms with Crippen LogP contribution in [0.1, 0.15) is 38.5 Å². The van der Waals surface area contributed by atoms with Gasteiger partial charge in [0.15, 0.2) is 0 Å². The lowest BCUT2D eigenvalue weighted by atomic mass is 10.3. The average molecular weight is 343 g/mol. The Kier molecular flexibility index (Phi) is 14.8. The molecule has 0 aromatic carbocycles. The van der Waals surface area contributed by atoms with Gasteiger partial charge in [0, 0.05) is 26.2 Å². The molecule has 0 bridgehead atoms. The second-order valence-corrected chi connectivity index (χ2v) is 6.88. The van der Waals surface area contributed by atoms with E-state index in [9.17, 15) is 0 Å². The molecule has 0 atom stereocenters. The normalized spacial score (nSPS) is 16.8. The molecule has 2 heterocycles. The van der Waals surface area contributed by atoms with Crippen LogP contribution in [0.2, 0.25) is 0 Å². The molecule has 0 unspecified atom stereocenters. The number of rotatable bonds is 16. The van der Waals surface area contributed by atoms with Gasteiger partial charge in [0.25, 0.3) is 0 Å². The van der Waals surface area contributed by atoms with Crippen molar-refractivity contribution < 1.29 is 0 Å². The molecule has 2 saturated heterocycles. The molecule has 144 valence electrons. The molecule has 0 radical (unpaired) electrons. The Bertz CT molecular complexity index is 230. The Balaban J connectivity index is 0.000000240. The van der Waals surface area contributed by atoms with Crippen molar-refractivity contribution in [3.63, 3.8) is 0 Å². The number of nitrogens with zero attached hydrogens (tertiary/aromatic N) is 2. The topological polar surface area (TPSA) is 82.1 Å². The van der Waals surface area contributed by atoms with E-state index >= 15 is 0 Å². The number of hydrogen-bond donors (Lipinski definition) is 4. The predicted octanol–water partition coefficient (Wildman–Crippen LogP) is 0.0412. The van der Waals surface area contributed by atoms with Crippen LogP contribution in [0.15, 0.2) is 0 Å². The minimum Gasteiger partial charge on any atom is -0.330 e. The molecule has 2 fully saturated rings. The third-order valence-corrected chi connectivity index (χ3v) is 4.35. The van der Waals surface area contributed by atoms with Crippen LogP contribution in [0.3, 0.4) is 0 Å². The lowest BCUT2D eigenvalue weighted by molar-refractivity contribution is 0.508. The molecule has 0 aromatic heterocycles. The lowest BCUT2D eigenvalue weighted by Gasteiger charge is -2.03. The van der Waals surface area contributed by atoms with Gasteiger partial charge < -0.3 is 31.9 Å². The molecular weight excluding hydrogens is 300 g/mol. The molecule has 0 aromatic rings. The number of unbranched alkanes of at least 4 members (excludes halogenated alkanes) is 2. The van der Waals surface area contributed by atoms with Crippen molar-refractivity contribution in [2.75, 3.05) is 78.5 Å². The largest absolute Gasteiger partial charge is 0.330 e. The van der Waals surface area contributed by atoms with E-state index in [1.165, 1.54) is 78.0 Å². The van der Waals surface area contributed by atoms with Crippen molar-refractivity contribution >= 4 is 0 Å². The minimum atomic E-state index is 0.829. The Labute approximate surface area is 149 Å². The molecule has 2 rings (SSSR count). The molecule has 2 aliphatic rings. The van der Waals surface area contributed by atoms with Crippen molar-refractivity contribution in [3.8, 4) is 0 Å². The lowest BCUT2D eigenvalue weighted by Crippen LogP contribution is -2.19. The zero-order chi connectivity index (χ0) is 17.3. The first-order chi connectivity index (χ1) is 11.9. The first-order valence-corrected chi connectivity index (χ1v) is 10.1. The number of nitrogens with two attached hydrogens (primary N) is 2. The van der Waals surface area contributed by atoms with Crippen LogP contribution in [-0.4, -0.2) is 88.3 Å². The second-order valence-electron chi connectivity index (χ2n) is 6.88. The smallest absolute Gasteiger partial charge is 0.0110 e. The second kappa shape index (κ2) is 16.2. The van der Waals surface area contributed by atoms with Crippen LogP contribution >= 0.6 is 0 Å². The fourth-order valence-corrected chi connectivity index (χ4v) is 2.48. The van der Waals surface area contributed by atoms with Gasteiger partial charge in [0.2, 0.25) is 0 Å². The van der Waals surface area contributed by atoms with E-state index < -0.39 is 0 Å². The van der Waals surface area contributed by atoms with Gasteiger partial charge in [0.1, 0.15) is 0 Å². The minimum absolute atomic E-state index is 0.829. The summed E-state index contributed by atoms with van der Waals surface area (Å²) in [5, 5.41) is 6.84. The summed E-state index contributed by atoms with van der Waals surface area (Å²) in [7, 11) is 0. The highest BCUT2D eigenvalue weighted by Gasteiger charge is 2.15. The maximum Gasteiger partial charge on any atom is 0.0110 e. The summed E-state index contributed by atoms with van der Waals surface area (Å²) in [6.07, 6.45) is 7.34. The van der Waals surface area contributed by atoms with Crippen LogP contribution in [0, 0.1) is 0 Å². The molecule has 0 aliphatic carbocycles. The van der Waals surface area contributed by atoms with Gasteiger partial charge in [-0.3, -0.25) is 0 Å². The molecular formula is C18H42N6. The highest BCUT2D eigenvalue weighted by molar-refractivity contribution is 4.72. The highest BCUT2D eigenvalue weighted by atomic mass is 15.3. The zero-order valence-corrected chi connectivity index (χ0v) is 15.8. The van der Waals surface area contributed by atoms with Crippen molar-refractivity contribution in [2.24, 2.45) is 11.5 Å². The maximum absolute atomic E-state index is 5.38. The van der Waals surface area contributed by atoms with E-state index in [0.717, 1.165) is 39.0 Å². The zero-order valence-electron chi connectivity index (χ0n) is 15.8. The Morgan fingerprint density at radius 2 is 0.917 bits per heavy atom. The maximum atomic E-state index is 5.38. The van der Waals surface area contributed by atoms with Crippen molar-refractivity contribution in [2.45, 2.75) is 38.5 Å². The number of hydrogen-bond acceptors (Lipinski definition) is 6. The van der Waals surface area contributed by atoms with E-state index in [0.29, 0.717) is 0 Å². The molecule has 6 N–H and O–H groups in total. The molecule has 0 saturated carbocycles. The van der Waals surface area contributed by atoms with Crippen LogP contribution in [0.5, 0.6) is 0 Å². The standard InChI is InChI=1S/2C9H21N3/c2*10-4-1-2-5-11-6-3-7-12-8-9-12/h2*11H,1-10H2. The monoisotopic (exact) mass is 342 g/mol. The van der Waals surface area contributed by atoms with Gasteiger partial charge in [-0.2, -0.15) is 0 Å². The van der Waals surface area contributed by atoms with Gasteiger partial charge >= 0.3 is 0 Å². The van der Waals surface area contributed by atoms with E-state index in [4.69, 9.17) is 11.5 Å². The Morgan fingerprint density at radius 3 is 1.25 bits per heavy atom. The Hall–Kier alpha value is -0.240. The third-order valence-electron chi connectivity index (χ3n) is 4.35. The van der Waals surface area contributed by atoms with Crippen molar-refractivity contribution in [1.29, 1.82) is 0 Å². The summed E-state index contributed by atoms with van der Waals surface area (Å²) in [6.45, 7) is 14.1. The van der Waals surface area contributed by atoms with E-state index in [2.05, 4.69) is 20.4 Å². The fraction of sp³-hybridized carbons (Fsp3) is 1.00. The summed E-state index contributed by atoms with van der Waals surface area (Å²) in [6, 6.07) is 0. The van der Waals surface area contributed by atoms with Gasteiger partial charge in [-0.15, -0.1) is 0 Å². The summed E-state index contributed by atoms with van der Waals surface area (Å²) in [5.41, 5.74) is 10.8. The van der Waals surface area contributed by atoms with E-state index in [1.54, 1.807) is 0 Å². The SMILES string of the molecule is NCCCCNCCCN1CC1.NCCCCNCCCN1CC1. The summed E-state index contributed by atoms with van der Waals surface area (Å²) in [5.74, 6) is 0. The molecule has 0 amide bonds. The number of nitrogens with one attached hydrogen (secondary N) is 2. The van der Waals surface area contributed by atoms with Crippen LogP contribution in [-0.2, 0) is 0 Å². The molecule has 0 spiro atoms. The summed E-state index contributed by atoms with van der Waals surface area (Å²) < 4.78 is 0. The highest BCUT2D eigenvalue weighted by Crippen LogP contribution is 2.03. The van der Waals surface area contributed by atoms with E-state index in [-0.39, 0.29) is 0 Å². The van der Waals surface area contributed by atoms with Crippen LogP contribution < -0.4 is 22.1 Å². The van der Waals surface area contributed by atoms with Gasteiger partial charge in [-0.05, 0) is 90.9 Å². The first kappa shape index (κ1) is 21.8. The predicted molar refractivity (Wildman–Crippen MR) is 104 cm³/mol. The summed E-state index contributed by atoms with van der Waals surface area (Å²) in [4.78, 5) is 4.92. The average Bonchev–Trinajstić information content (AvgIpc) is 3.48. The van der Waals surface area contributed by atoms with Gasteiger partial charge in [0.05, 0.1) is 0 Å².